The zero-order valence-electron chi connectivity index (χ0n) is 15.9. The first-order valence-corrected chi connectivity index (χ1v) is 9.48. The summed E-state index contributed by atoms with van der Waals surface area (Å²) >= 11 is 6.29. The lowest BCUT2D eigenvalue weighted by molar-refractivity contribution is -0.136. The lowest BCUT2D eigenvalue weighted by Crippen LogP contribution is -2.13. The van der Waals surface area contributed by atoms with Crippen molar-refractivity contribution in [1.82, 2.24) is 24.1 Å². The summed E-state index contributed by atoms with van der Waals surface area (Å²) in [5.74, 6) is 0. The number of nitrogens with zero attached hydrogens (tertiary/aromatic N) is 6. The molecule has 0 atom stereocenters. The Morgan fingerprint density at radius 3 is 2.68 bits per heavy atom. The second-order valence-electron chi connectivity index (χ2n) is 6.68. The Morgan fingerprint density at radius 2 is 2.00 bits per heavy atom. The molecular formula is C21H14ClF3N6. The summed E-state index contributed by atoms with van der Waals surface area (Å²) in [6, 6.07) is 10.5. The van der Waals surface area contributed by atoms with Crippen LogP contribution in [0.15, 0.2) is 49.4 Å². The molecule has 0 radical (unpaired) electrons. The van der Waals surface area contributed by atoms with E-state index in [0.717, 1.165) is 5.56 Å². The maximum absolute atomic E-state index is 12.9. The minimum Gasteiger partial charge on any atom is -0.328 e. The minimum absolute atomic E-state index is 0.207. The molecular weight excluding hydrogens is 429 g/mol. The van der Waals surface area contributed by atoms with Gasteiger partial charge in [0.05, 0.1) is 30.3 Å². The smallest absolute Gasteiger partial charge is 0.328 e. The van der Waals surface area contributed by atoms with Crippen molar-refractivity contribution in [1.29, 1.82) is 5.26 Å². The van der Waals surface area contributed by atoms with Gasteiger partial charge in [-0.25, -0.2) is 14.5 Å². The van der Waals surface area contributed by atoms with E-state index in [1.807, 2.05) is 6.07 Å². The molecule has 0 saturated heterocycles. The van der Waals surface area contributed by atoms with Gasteiger partial charge in [-0.05, 0) is 23.8 Å². The van der Waals surface area contributed by atoms with Crippen LogP contribution in [0.4, 0.5) is 13.2 Å². The average molecular weight is 443 g/mol. The topological polar surface area (TPSA) is 71.8 Å². The number of nitriles is 1. The number of aryl methyl sites for hydroxylation is 1. The second-order valence-corrected chi connectivity index (χ2v) is 7.09. The van der Waals surface area contributed by atoms with Crippen LogP contribution in [0.25, 0.3) is 34.4 Å². The van der Waals surface area contributed by atoms with E-state index in [4.69, 9.17) is 11.6 Å². The fraction of sp³-hybridized carbons (Fsp3) is 0.143. The Hall–Kier alpha value is -3.64. The average Bonchev–Trinajstić information content (AvgIpc) is 3.35. The normalized spacial score (nSPS) is 11.6. The van der Waals surface area contributed by atoms with Crippen molar-refractivity contribution >= 4 is 23.3 Å². The Morgan fingerprint density at radius 1 is 1.19 bits per heavy atom. The molecule has 31 heavy (non-hydrogen) atoms. The third-order valence-corrected chi connectivity index (χ3v) is 5.01. The lowest BCUT2D eigenvalue weighted by atomic mass is 10.1. The van der Waals surface area contributed by atoms with Crippen LogP contribution in [0.3, 0.4) is 0 Å². The summed E-state index contributed by atoms with van der Waals surface area (Å²) in [7, 11) is 0. The molecule has 156 valence electrons. The number of rotatable bonds is 5. The maximum atomic E-state index is 12.9. The van der Waals surface area contributed by atoms with E-state index in [1.54, 1.807) is 36.4 Å². The van der Waals surface area contributed by atoms with Crippen LogP contribution < -0.4 is 0 Å². The van der Waals surface area contributed by atoms with Gasteiger partial charge in [-0.15, -0.1) is 0 Å². The van der Waals surface area contributed by atoms with Gasteiger partial charge in [-0.1, -0.05) is 36.4 Å². The van der Waals surface area contributed by atoms with E-state index in [2.05, 4.69) is 21.6 Å². The number of hydrogen-bond acceptors (Lipinski definition) is 4. The zero-order chi connectivity index (χ0) is 22.2. The number of hydrogen-bond donors (Lipinski definition) is 0. The van der Waals surface area contributed by atoms with Crippen molar-refractivity contribution < 1.29 is 13.2 Å². The predicted molar refractivity (Wildman–Crippen MR) is 110 cm³/mol. The van der Waals surface area contributed by atoms with Gasteiger partial charge in [0.15, 0.2) is 11.3 Å². The van der Waals surface area contributed by atoms with Crippen LogP contribution >= 0.6 is 11.6 Å². The standard InChI is InChI=1S/C21H14ClF3N6/c1-2-13-3-4-14(9-16(13)22)19-20(30(12-28-19)8-7-21(23,24)25)17-5-6-18-27-11-15(10-26)31(18)29-17/h2-6,9,11-12H,1,7-8H2. The summed E-state index contributed by atoms with van der Waals surface area (Å²) in [4.78, 5) is 8.45. The maximum Gasteiger partial charge on any atom is 0.390 e. The van der Waals surface area contributed by atoms with E-state index < -0.39 is 12.6 Å². The van der Waals surface area contributed by atoms with Crippen molar-refractivity contribution in [3.05, 3.63) is 65.7 Å². The van der Waals surface area contributed by atoms with E-state index in [1.165, 1.54) is 21.6 Å². The Bertz CT molecular complexity index is 1330. The Labute approximate surface area is 179 Å². The number of benzene rings is 1. The molecule has 4 rings (SSSR count). The number of fused-ring (bicyclic) bond motifs is 1. The Balaban J connectivity index is 1.89. The molecule has 0 saturated carbocycles. The van der Waals surface area contributed by atoms with Crippen LogP contribution in [-0.4, -0.2) is 30.3 Å². The zero-order valence-corrected chi connectivity index (χ0v) is 16.7. The van der Waals surface area contributed by atoms with E-state index in [9.17, 15) is 18.4 Å². The molecule has 10 heteroatoms. The summed E-state index contributed by atoms with van der Waals surface area (Å²) in [5.41, 5.74) is 3.14. The van der Waals surface area contributed by atoms with Crippen LogP contribution in [-0.2, 0) is 6.54 Å². The molecule has 0 aliphatic carbocycles. The highest BCUT2D eigenvalue weighted by Crippen LogP contribution is 2.34. The van der Waals surface area contributed by atoms with Gasteiger partial charge in [-0.2, -0.15) is 23.5 Å². The second kappa shape index (κ2) is 7.89. The molecule has 0 amide bonds. The minimum atomic E-state index is -4.33. The van der Waals surface area contributed by atoms with Gasteiger partial charge in [-0.3, -0.25) is 0 Å². The summed E-state index contributed by atoms with van der Waals surface area (Å²) < 4.78 is 41.4. The first-order valence-electron chi connectivity index (χ1n) is 9.10. The van der Waals surface area contributed by atoms with Crippen LogP contribution in [0.2, 0.25) is 5.02 Å². The van der Waals surface area contributed by atoms with E-state index in [0.29, 0.717) is 33.3 Å². The highest BCUT2D eigenvalue weighted by Gasteiger charge is 2.28. The summed E-state index contributed by atoms with van der Waals surface area (Å²) in [6.07, 6.45) is -1.03. The highest BCUT2D eigenvalue weighted by molar-refractivity contribution is 6.32. The molecule has 4 aromatic rings. The first kappa shape index (κ1) is 20.6. The predicted octanol–water partition coefficient (Wildman–Crippen LogP) is 5.38. The molecule has 3 aromatic heterocycles. The molecule has 0 aliphatic heterocycles. The van der Waals surface area contributed by atoms with Crippen molar-refractivity contribution in [2.45, 2.75) is 19.1 Å². The lowest BCUT2D eigenvalue weighted by Gasteiger charge is -2.12. The fourth-order valence-corrected chi connectivity index (χ4v) is 3.45. The van der Waals surface area contributed by atoms with Gasteiger partial charge >= 0.3 is 6.18 Å². The third-order valence-electron chi connectivity index (χ3n) is 4.69. The molecule has 1 aromatic carbocycles. The van der Waals surface area contributed by atoms with Crippen molar-refractivity contribution in [2.24, 2.45) is 0 Å². The van der Waals surface area contributed by atoms with Gasteiger partial charge in [0, 0.05) is 17.1 Å². The van der Waals surface area contributed by atoms with Gasteiger partial charge in [0.25, 0.3) is 0 Å². The molecule has 6 nitrogen and oxygen atoms in total. The largest absolute Gasteiger partial charge is 0.390 e. The first-order chi connectivity index (χ1) is 14.8. The number of halogens is 4. The Kier molecular flexibility index (Phi) is 5.25. The summed E-state index contributed by atoms with van der Waals surface area (Å²) in [5, 5.41) is 14.1. The quantitative estimate of drug-likeness (QED) is 0.416. The monoisotopic (exact) mass is 442 g/mol. The van der Waals surface area contributed by atoms with Crippen molar-refractivity contribution in [3.8, 4) is 28.7 Å². The number of imidazole rings is 2. The van der Waals surface area contributed by atoms with Crippen molar-refractivity contribution in [2.75, 3.05) is 0 Å². The molecule has 0 bridgehead atoms. The van der Waals surface area contributed by atoms with Gasteiger partial charge < -0.3 is 4.57 Å². The highest BCUT2D eigenvalue weighted by atomic mass is 35.5. The van der Waals surface area contributed by atoms with E-state index >= 15 is 0 Å². The van der Waals surface area contributed by atoms with Gasteiger partial charge in [0.2, 0.25) is 0 Å². The SMILES string of the molecule is C=Cc1ccc(-c2ncn(CCC(F)(F)F)c2-c2ccc3ncc(C#N)n3n2)cc1Cl. The third kappa shape index (κ3) is 4.02. The van der Waals surface area contributed by atoms with Crippen LogP contribution in [0.5, 0.6) is 0 Å². The van der Waals surface area contributed by atoms with Crippen LogP contribution in [0, 0.1) is 11.3 Å². The van der Waals surface area contributed by atoms with Gasteiger partial charge in [0.1, 0.15) is 11.8 Å². The summed E-state index contributed by atoms with van der Waals surface area (Å²) in [6.45, 7) is 3.36. The molecule has 3 heterocycles. The molecule has 0 aliphatic rings. The fourth-order valence-electron chi connectivity index (χ4n) is 3.19. The van der Waals surface area contributed by atoms with E-state index in [-0.39, 0.29) is 12.2 Å². The van der Waals surface area contributed by atoms with Crippen LogP contribution in [0.1, 0.15) is 17.7 Å². The number of aromatic nitrogens is 5. The molecule has 0 N–H and O–H groups in total. The van der Waals surface area contributed by atoms with Crippen molar-refractivity contribution in [3.63, 3.8) is 0 Å². The molecule has 0 unspecified atom stereocenters. The molecule has 0 fully saturated rings. The number of alkyl halides is 3. The molecule has 0 spiro atoms.